The van der Waals surface area contributed by atoms with Crippen LogP contribution in [0.2, 0.25) is 5.02 Å². The van der Waals surface area contributed by atoms with Gasteiger partial charge in [0.05, 0.1) is 11.6 Å². The first kappa shape index (κ1) is 25.6. The molecule has 7 nitrogen and oxygen atoms in total. The van der Waals surface area contributed by atoms with Gasteiger partial charge in [-0.15, -0.1) is 0 Å². The first-order valence-corrected chi connectivity index (χ1v) is 12.6. The Labute approximate surface area is 225 Å². The number of amides is 1. The number of para-hydroxylation sites is 1. The van der Waals surface area contributed by atoms with Crippen LogP contribution in [0.1, 0.15) is 28.6 Å². The van der Waals surface area contributed by atoms with Crippen molar-refractivity contribution in [2.24, 2.45) is 0 Å². The number of aliphatic hydroxyl groups excluding tert-OH is 1. The van der Waals surface area contributed by atoms with Gasteiger partial charge in [-0.3, -0.25) is 9.59 Å². The van der Waals surface area contributed by atoms with E-state index in [1.54, 1.807) is 42.5 Å². The maximum absolute atomic E-state index is 13.8. The van der Waals surface area contributed by atoms with E-state index in [1.807, 2.05) is 55.4 Å². The molecule has 0 saturated carbocycles. The number of halogens is 1. The van der Waals surface area contributed by atoms with Gasteiger partial charge in [-0.2, -0.15) is 0 Å². The number of rotatable bonds is 9. The number of ketones is 1. The SMILES string of the molecule is CN(C)CCCN1C(=O)C(O)=C(C(=O)c2cc3cc(Cl)ccc3o2)C1c1cccc(Oc2ccccc2)c1. The fraction of sp³-hybridized carbons (Fsp3) is 0.200. The summed E-state index contributed by atoms with van der Waals surface area (Å²) in [4.78, 5) is 30.6. The second-order valence-corrected chi connectivity index (χ2v) is 9.87. The number of furan rings is 1. The maximum Gasteiger partial charge on any atom is 0.290 e. The summed E-state index contributed by atoms with van der Waals surface area (Å²) in [6.07, 6.45) is 0.660. The van der Waals surface area contributed by atoms with Crippen molar-refractivity contribution in [2.45, 2.75) is 12.5 Å². The molecule has 2 heterocycles. The molecule has 0 fully saturated rings. The number of carbonyl (C=O) groups excluding carboxylic acids is 2. The molecule has 1 aliphatic rings. The van der Waals surface area contributed by atoms with Crippen LogP contribution in [-0.2, 0) is 4.79 Å². The predicted octanol–water partition coefficient (Wildman–Crippen LogP) is 6.41. The van der Waals surface area contributed by atoms with Crippen molar-refractivity contribution in [1.29, 1.82) is 0 Å². The highest BCUT2D eigenvalue weighted by Gasteiger charge is 2.44. The van der Waals surface area contributed by atoms with E-state index in [0.29, 0.717) is 46.0 Å². The zero-order chi connectivity index (χ0) is 26.8. The summed E-state index contributed by atoms with van der Waals surface area (Å²) < 4.78 is 11.8. The molecule has 1 N–H and O–H groups in total. The summed E-state index contributed by atoms with van der Waals surface area (Å²) in [6, 6.07) is 22.4. The number of hydrogen-bond donors (Lipinski definition) is 1. The fourth-order valence-corrected chi connectivity index (χ4v) is 4.83. The van der Waals surface area contributed by atoms with E-state index in [0.717, 1.165) is 6.54 Å². The Morgan fingerprint density at radius 1 is 1.03 bits per heavy atom. The third-order valence-electron chi connectivity index (χ3n) is 6.41. The van der Waals surface area contributed by atoms with Crippen LogP contribution < -0.4 is 4.74 Å². The summed E-state index contributed by atoms with van der Waals surface area (Å²) in [7, 11) is 3.90. The summed E-state index contributed by atoms with van der Waals surface area (Å²) in [5.74, 6) is -0.494. The van der Waals surface area contributed by atoms with Gasteiger partial charge in [-0.25, -0.2) is 0 Å². The number of benzene rings is 3. The Hall–Kier alpha value is -4.07. The van der Waals surface area contributed by atoms with E-state index in [9.17, 15) is 14.7 Å². The topological polar surface area (TPSA) is 83.2 Å². The zero-order valence-electron chi connectivity index (χ0n) is 21.1. The van der Waals surface area contributed by atoms with Gasteiger partial charge in [0.25, 0.3) is 5.91 Å². The van der Waals surface area contributed by atoms with E-state index in [2.05, 4.69) is 0 Å². The Balaban J connectivity index is 1.54. The number of ether oxygens (including phenoxy) is 1. The Morgan fingerprint density at radius 2 is 1.79 bits per heavy atom. The molecule has 194 valence electrons. The van der Waals surface area contributed by atoms with Crippen molar-refractivity contribution in [2.75, 3.05) is 27.2 Å². The van der Waals surface area contributed by atoms with Gasteiger partial charge >= 0.3 is 0 Å². The van der Waals surface area contributed by atoms with E-state index in [1.165, 1.54) is 4.90 Å². The van der Waals surface area contributed by atoms with Crippen molar-refractivity contribution in [3.05, 3.63) is 107 Å². The smallest absolute Gasteiger partial charge is 0.290 e. The molecule has 0 bridgehead atoms. The second-order valence-electron chi connectivity index (χ2n) is 9.43. The zero-order valence-corrected chi connectivity index (χ0v) is 21.8. The van der Waals surface area contributed by atoms with Crippen molar-refractivity contribution in [1.82, 2.24) is 9.80 Å². The Kier molecular flexibility index (Phi) is 7.22. The van der Waals surface area contributed by atoms with Crippen molar-refractivity contribution in [3.8, 4) is 11.5 Å². The summed E-state index contributed by atoms with van der Waals surface area (Å²) in [5, 5.41) is 12.2. The molecule has 1 aromatic heterocycles. The van der Waals surface area contributed by atoms with Crippen LogP contribution in [0.3, 0.4) is 0 Å². The van der Waals surface area contributed by atoms with Crippen LogP contribution >= 0.6 is 11.6 Å². The molecular formula is C30H27ClN2O5. The predicted molar refractivity (Wildman–Crippen MR) is 146 cm³/mol. The first-order valence-electron chi connectivity index (χ1n) is 12.3. The molecule has 5 rings (SSSR count). The lowest BCUT2D eigenvalue weighted by atomic mass is 9.94. The average molecular weight is 531 g/mol. The van der Waals surface area contributed by atoms with Crippen LogP contribution in [0.5, 0.6) is 11.5 Å². The monoisotopic (exact) mass is 530 g/mol. The molecular weight excluding hydrogens is 504 g/mol. The van der Waals surface area contributed by atoms with E-state index >= 15 is 0 Å². The molecule has 4 aromatic rings. The van der Waals surface area contributed by atoms with Gasteiger partial charge in [-0.05, 0) is 81.2 Å². The Bertz CT molecular complexity index is 1530. The molecule has 0 aliphatic carbocycles. The number of nitrogens with zero attached hydrogens (tertiary/aromatic N) is 2. The second kappa shape index (κ2) is 10.7. The number of carbonyl (C=O) groups is 2. The highest BCUT2D eigenvalue weighted by molar-refractivity contribution is 6.31. The minimum absolute atomic E-state index is 0.0217. The maximum atomic E-state index is 13.8. The normalized spacial score (nSPS) is 15.6. The average Bonchev–Trinajstić information content (AvgIpc) is 3.43. The molecule has 8 heteroatoms. The van der Waals surface area contributed by atoms with Crippen LogP contribution in [0.25, 0.3) is 11.0 Å². The molecule has 0 spiro atoms. The largest absolute Gasteiger partial charge is 0.503 e. The standard InChI is InChI=1S/C30H27ClN2O5/c1-32(2)14-7-15-33-27(19-8-6-11-23(17-19)37-22-9-4-3-5-10-22)26(29(35)30(33)36)28(34)25-18-20-16-21(31)12-13-24(20)38-25/h3-6,8-13,16-18,27,35H,7,14-15H2,1-2H3. The van der Waals surface area contributed by atoms with E-state index < -0.39 is 23.5 Å². The molecule has 1 unspecified atom stereocenters. The lowest BCUT2D eigenvalue weighted by Crippen LogP contribution is -2.33. The van der Waals surface area contributed by atoms with Crippen LogP contribution in [-0.4, -0.2) is 53.8 Å². The molecule has 38 heavy (non-hydrogen) atoms. The third kappa shape index (κ3) is 5.16. The van der Waals surface area contributed by atoms with Gasteiger partial charge < -0.3 is 24.1 Å². The molecule has 0 radical (unpaired) electrons. The number of aliphatic hydroxyl groups is 1. The van der Waals surface area contributed by atoms with Crippen LogP contribution in [0.15, 0.2) is 94.6 Å². The quantitative estimate of drug-likeness (QED) is 0.252. The van der Waals surface area contributed by atoms with E-state index in [-0.39, 0.29) is 11.3 Å². The highest BCUT2D eigenvalue weighted by Crippen LogP contribution is 2.41. The first-order chi connectivity index (χ1) is 18.3. The lowest BCUT2D eigenvalue weighted by Gasteiger charge is -2.27. The molecule has 0 saturated heterocycles. The van der Waals surface area contributed by atoms with Gasteiger partial charge in [0.2, 0.25) is 5.78 Å². The molecule has 3 aromatic carbocycles. The van der Waals surface area contributed by atoms with Gasteiger partial charge in [0.1, 0.15) is 17.1 Å². The van der Waals surface area contributed by atoms with Gasteiger partial charge in [0.15, 0.2) is 11.5 Å². The van der Waals surface area contributed by atoms with E-state index in [4.69, 9.17) is 20.8 Å². The summed E-state index contributed by atoms with van der Waals surface area (Å²) in [5.41, 5.74) is 1.10. The van der Waals surface area contributed by atoms with Crippen molar-refractivity contribution >= 4 is 34.3 Å². The highest BCUT2D eigenvalue weighted by atomic mass is 35.5. The van der Waals surface area contributed by atoms with Crippen molar-refractivity contribution < 1.29 is 23.8 Å². The number of Topliss-reactive ketones (excluding diaryl/α,β-unsaturated/α-hetero) is 1. The summed E-state index contributed by atoms with van der Waals surface area (Å²) in [6.45, 7) is 1.09. The Morgan fingerprint density at radius 3 is 2.55 bits per heavy atom. The lowest BCUT2D eigenvalue weighted by molar-refractivity contribution is -0.129. The van der Waals surface area contributed by atoms with Crippen LogP contribution in [0.4, 0.5) is 0 Å². The molecule has 1 aliphatic heterocycles. The summed E-state index contributed by atoms with van der Waals surface area (Å²) >= 11 is 6.10. The minimum atomic E-state index is -0.812. The van der Waals surface area contributed by atoms with Crippen LogP contribution in [0, 0.1) is 0 Å². The fourth-order valence-electron chi connectivity index (χ4n) is 4.65. The molecule has 1 atom stereocenters. The number of hydrogen-bond acceptors (Lipinski definition) is 6. The number of fused-ring (bicyclic) bond motifs is 1. The minimum Gasteiger partial charge on any atom is -0.503 e. The van der Waals surface area contributed by atoms with Gasteiger partial charge in [-0.1, -0.05) is 41.9 Å². The third-order valence-corrected chi connectivity index (χ3v) is 6.64. The van der Waals surface area contributed by atoms with Crippen molar-refractivity contribution in [3.63, 3.8) is 0 Å². The van der Waals surface area contributed by atoms with Gasteiger partial charge in [0, 0.05) is 17.0 Å². The molecule has 1 amide bonds.